The molecule has 19 heavy (non-hydrogen) atoms. The van der Waals surface area contributed by atoms with E-state index in [4.69, 9.17) is 0 Å². The Balaban J connectivity index is 1.80. The number of nitrogens with one attached hydrogen (secondary N) is 1. The standard InChI is InChI=1S/C17H28N2/c1-4-16-7-9-17(10-8-16)15(3)18-13-14(2)19-11-5-6-12-19/h7-10,14-15,18H,4-6,11-13H2,1-3H3. The molecule has 0 aromatic heterocycles. The van der Waals surface area contributed by atoms with E-state index in [2.05, 4.69) is 55.3 Å². The number of benzene rings is 1. The molecule has 1 aliphatic rings. The summed E-state index contributed by atoms with van der Waals surface area (Å²) in [5, 5.41) is 3.67. The van der Waals surface area contributed by atoms with Crippen LogP contribution >= 0.6 is 0 Å². The molecule has 1 N–H and O–H groups in total. The first-order valence-electron chi connectivity index (χ1n) is 7.77. The molecule has 0 aliphatic carbocycles. The van der Waals surface area contributed by atoms with Crippen molar-refractivity contribution in [2.24, 2.45) is 0 Å². The summed E-state index contributed by atoms with van der Waals surface area (Å²) in [6.07, 6.45) is 3.87. The molecular formula is C17H28N2. The van der Waals surface area contributed by atoms with Gasteiger partial charge in [0, 0.05) is 18.6 Å². The van der Waals surface area contributed by atoms with Gasteiger partial charge in [0.25, 0.3) is 0 Å². The number of hydrogen-bond donors (Lipinski definition) is 1. The molecule has 2 nitrogen and oxygen atoms in total. The maximum atomic E-state index is 3.67. The Bertz CT molecular complexity index is 365. The summed E-state index contributed by atoms with van der Waals surface area (Å²) in [7, 11) is 0. The van der Waals surface area contributed by atoms with E-state index < -0.39 is 0 Å². The molecule has 1 saturated heterocycles. The van der Waals surface area contributed by atoms with E-state index in [1.54, 1.807) is 0 Å². The molecule has 1 aliphatic heterocycles. The summed E-state index contributed by atoms with van der Waals surface area (Å²) in [4.78, 5) is 2.60. The van der Waals surface area contributed by atoms with E-state index >= 15 is 0 Å². The second-order valence-corrected chi connectivity index (χ2v) is 5.82. The van der Waals surface area contributed by atoms with E-state index in [0.29, 0.717) is 12.1 Å². The summed E-state index contributed by atoms with van der Waals surface area (Å²) >= 11 is 0. The lowest BCUT2D eigenvalue weighted by Gasteiger charge is -2.26. The zero-order valence-electron chi connectivity index (χ0n) is 12.7. The van der Waals surface area contributed by atoms with Crippen molar-refractivity contribution in [1.82, 2.24) is 10.2 Å². The van der Waals surface area contributed by atoms with E-state index in [-0.39, 0.29) is 0 Å². The zero-order chi connectivity index (χ0) is 13.7. The van der Waals surface area contributed by atoms with Gasteiger partial charge >= 0.3 is 0 Å². The minimum absolute atomic E-state index is 0.441. The van der Waals surface area contributed by atoms with Gasteiger partial charge in [-0.2, -0.15) is 0 Å². The molecule has 0 saturated carbocycles. The fourth-order valence-corrected chi connectivity index (χ4v) is 2.82. The molecule has 0 amide bonds. The van der Waals surface area contributed by atoms with Crippen LogP contribution in [0.1, 0.15) is 50.8 Å². The number of likely N-dealkylation sites (tertiary alicyclic amines) is 1. The average Bonchev–Trinajstić information content (AvgIpc) is 2.98. The van der Waals surface area contributed by atoms with Crippen molar-refractivity contribution in [2.45, 2.75) is 52.1 Å². The van der Waals surface area contributed by atoms with Gasteiger partial charge in [0.2, 0.25) is 0 Å². The third kappa shape index (κ3) is 4.05. The number of nitrogens with zero attached hydrogens (tertiary/aromatic N) is 1. The zero-order valence-corrected chi connectivity index (χ0v) is 12.7. The Morgan fingerprint density at radius 3 is 2.32 bits per heavy atom. The first-order chi connectivity index (χ1) is 9.20. The summed E-state index contributed by atoms with van der Waals surface area (Å²) < 4.78 is 0. The molecule has 2 atom stereocenters. The smallest absolute Gasteiger partial charge is 0.0292 e. The molecule has 0 radical (unpaired) electrons. The molecule has 2 rings (SSSR count). The van der Waals surface area contributed by atoms with Gasteiger partial charge in [-0.25, -0.2) is 0 Å². The highest BCUT2D eigenvalue weighted by Gasteiger charge is 2.18. The van der Waals surface area contributed by atoms with Gasteiger partial charge in [0.1, 0.15) is 0 Å². The quantitative estimate of drug-likeness (QED) is 0.843. The van der Waals surface area contributed by atoms with Crippen LogP contribution in [-0.2, 0) is 6.42 Å². The topological polar surface area (TPSA) is 15.3 Å². The lowest BCUT2D eigenvalue weighted by atomic mass is 10.0. The van der Waals surface area contributed by atoms with Crippen LogP contribution < -0.4 is 5.32 Å². The fraction of sp³-hybridized carbons (Fsp3) is 0.647. The molecule has 1 aromatic rings. The van der Waals surface area contributed by atoms with Crippen LogP contribution in [0, 0.1) is 0 Å². The first-order valence-corrected chi connectivity index (χ1v) is 7.77. The van der Waals surface area contributed by atoms with Crippen LogP contribution in [-0.4, -0.2) is 30.6 Å². The molecule has 2 unspecified atom stereocenters. The normalized spacial score (nSPS) is 19.5. The van der Waals surface area contributed by atoms with E-state index in [9.17, 15) is 0 Å². The number of rotatable bonds is 6. The minimum Gasteiger partial charge on any atom is -0.309 e. The first kappa shape index (κ1) is 14.5. The Morgan fingerprint density at radius 1 is 1.11 bits per heavy atom. The van der Waals surface area contributed by atoms with Crippen molar-refractivity contribution in [3.63, 3.8) is 0 Å². The van der Waals surface area contributed by atoms with Gasteiger partial charge in [-0.1, -0.05) is 31.2 Å². The fourth-order valence-electron chi connectivity index (χ4n) is 2.82. The van der Waals surface area contributed by atoms with Gasteiger partial charge in [-0.3, -0.25) is 4.90 Å². The van der Waals surface area contributed by atoms with Gasteiger partial charge in [0.15, 0.2) is 0 Å². The van der Waals surface area contributed by atoms with Crippen LogP contribution in [0.5, 0.6) is 0 Å². The maximum absolute atomic E-state index is 3.67. The molecule has 0 bridgehead atoms. The molecule has 1 aromatic carbocycles. The van der Waals surface area contributed by atoms with Crippen LogP contribution in [0.15, 0.2) is 24.3 Å². The van der Waals surface area contributed by atoms with Crippen LogP contribution in [0.2, 0.25) is 0 Å². The minimum atomic E-state index is 0.441. The second-order valence-electron chi connectivity index (χ2n) is 5.82. The Kier molecular flexibility index (Phi) is 5.41. The Hall–Kier alpha value is -0.860. The molecule has 1 heterocycles. The third-order valence-corrected chi connectivity index (χ3v) is 4.37. The molecule has 1 fully saturated rings. The predicted octanol–water partition coefficient (Wildman–Crippen LogP) is 3.38. The highest BCUT2D eigenvalue weighted by Crippen LogP contribution is 2.15. The van der Waals surface area contributed by atoms with Gasteiger partial charge in [0.05, 0.1) is 0 Å². The molecule has 2 heteroatoms. The molecule has 0 spiro atoms. The summed E-state index contributed by atoms with van der Waals surface area (Å²) in [5.74, 6) is 0. The van der Waals surface area contributed by atoms with Gasteiger partial charge < -0.3 is 5.32 Å². The highest BCUT2D eigenvalue weighted by atomic mass is 15.2. The maximum Gasteiger partial charge on any atom is 0.0292 e. The molecule has 106 valence electrons. The lowest BCUT2D eigenvalue weighted by molar-refractivity contribution is 0.247. The Morgan fingerprint density at radius 2 is 1.74 bits per heavy atom. The van der Waals surface area contributed by atoms with Crippen molar-refractivity contribution in [2.75, 3.05) is 19.6 Å². The van der Waals surface area contributed by atoms with Crippen LogP contribution in [0.4, 0.5) is 0 Å². The van der Waals surface area contributed by atoms with Gasteiger partial charge in [-0.15, -0.1) is 0 Å². The van der Waals surface area contributed by atoms with E-state index in [0.717, 1.165) is 13.0 Å². The lowest BCUT2D eigenvalue weighted by Crippen LogP contribution is -2.39. The average molecular weight is 260 g/mol. The summed E-state index contributed by atoms with van der Waals surface area (Å²) in [5.41, 5.74) is 2.81. The number of aryl methyl sites for hydroxylation is 1. The SMILES string of the molecule is CCc1ccc(C(C)NCC(C)N2CCCC2)cc1. The highest BCUT2D eigenvalue weighted by molar-refractivity contribution is 5.24. The molecular weight excluding hydrogens is 232 g/mol. The summed E-state index contributed by atoms with van der Waals surface area (Å²) in [6.45, 7) is 10.4. The van der Waals surface area contributed by atoms with Gasteiger partial charge in [-0.05, 0) is 57.3 Å². The Labute approximate surface area is 118 Å². The van der Waals surface area contributed by atoms with Crippen molar-refractivity contribution in [1.29, 1.82) is 0 Å². The monoisotopic (exact) mass is 260 g/mol. The van der Waals surface area contributed by atoms with E-state index in [1.807, 2.05) is 0 Å². The van der Waals surface area contributed by atoms with Crippen LogP contribution in [0.25, 0.3) is 0 Å². The summed E-state index contributed by atoms with van der Waals surface area (Å²) in [6, 6.07) is 10.1. The van der Waals surface area contributed by atoms with Crippen molar-refractivity contribution in [3.05, 3.63) is 35.4 Å². The predicted molar refractivity (Wildman–Crippen MR) is 82.5 cm³/mol. The third-order valence-electron chi connectivity index (χ3n) is 4.37. The number of hydrogen-bond acceptors (Lipinski definition) is 2. The van der Waals surface area contributed by atoms with Crippen molar-refractivity contribution < 1.29 is 0 Å². The van der Waals surface area contributed by atoms with Crippen molar-refractivity contribution in [3.8, 4) is 0 Å². The second kappa shape index (κ2) is 7.06. The largest absolute Gasteiger partial charge is 0.309 e. The van der Waals surface area contributed by atoms with Crippen molar-refractivity contribution >= 4 is 0 Å². The van der Waals surface area contributed by atoms with Crippen LogP contribution in [0.3, 0.4) is 0 Å². The van der Waals surface area contributed by atoms with E-state index in [1.165, 1.54) is 37.1 Å².